The molecule has 0 spiro atoms. The van der Waals surface area contributed by atoms with Crippen molar-refractivity contribution < 1.29 is 4.74 Å². The molecule has 2 aliphatic rings. The summed E-state index contributed by atoms with van der Waals surface area (Å²) in [5, 5.41) is 4.58. The molecule has 1 aromatic rings. The highest BCUT2D eigenvalue weighted by Gasteiger charge is 2.32. The van der Waals surface area contributed by atoms with E-state index in [0.717, 1.165) is 30.7 Å². The number of nitrogens with one attached hydrogen (secondary N) is 1. The molecular formula is C16H22ClNO. The Morgan fingerprint density at radius 1 is 1.21 bits per heavy atom. The van der Waals surface area contributed by atoms with E-state index >= 15 is 0 Å². The largest absolute Gasteiger partial charge is 0.381 e. The monoisotopic (exact) mass is 279 g/mol. The summed E-state index contributed by atoms with van der Waals surface area (Å²) in [5.41, 5.74) is 1.38. The summed E-state index contributed by atoms with van der Waals surface area (Å²) in [5.74, 6) is 1.49. The van der Waals surface area contributed by atoms with Gasteiger partial charge in [-0.2, -0.15) is 0 Å². The fourth-order valence-corrected chi connectivity index (χ4v) is 3.04. The van der Waals surface area contributed by atoms with E-state index in [-0.39, 0.29) is 0 Å². The third-order valence-corrected chi connectivity index (χ3v) is 4.46. The Bertz CT molecular complexity index is 396. The van der Waals surface area contributed by atoms with Crippen molar-refractivity contribution >= 4 is 11.6 Å². The van der Waals surface area contributed by atoms with E-state index in [1.165, 1.54) is 31.2 Å². The molecular weight excluding hydrogens is 258 g/mol. The van der Waals surface area contributed by atoms with Gasteiger partial charge in [-0.15, -0.1) is 0 Å². The van der Waals surface area contributed by atoms with Gasteiger partial charge in [0, 0.05) is 24.2 Å². The molecule has 2 unspecified atom stereocenters. The second kappa shape index (κ2) is 6.25. The summed E-state index contributed by atoms with van der Waals surface area (Å²) >= 11 is 5.97. The molecule has 1 saturated carbocycles. The van der Waals surface area contributed by atoms with Crippen LogP contribution in [0.3, 0.4) is 0 Å². The lowest BCUT2D eigenvalue weighted by atomic mass is 9.99. The van der Waals surface area contributed by atoms with Crippen molar-refractivity contribution in [3.8, 4) is 0 Å². The molecule has 2 nitrogen and oxygen atoms in total. The Hall–Kier alpha value is -0.570. The van der Waals surface area contributed by atoms with E-state index in [1.54, 1.807) is 0 Å². The zero-order valence-corrected chi connectivity index (χ0v) is 12.0. The van der Waals surface area contributed by atoms with Crippen molar-refractivity contribution in [3.63, 3.8) is 0 Å². The van der Waals surface area contributed by atoms with Crippen LogP contribution in [0.2, 0.25) is 5.02 Å². The number of benzene rings is 1. The van der Waals surface area contributed by atoms with E-state index < -0.39 is 0 Å². The maximum atomic E-state index is 5.97. The van der Waals surface area contributed by atoms with Crippen LogP contribution in [0.1, 0.15) is 37.3 Å². The minimum Gasteiger partial charge on any atom is -0.381 e. The average Bonchev–Trinajstić information content (AvgIpc) is 3.27. The van der Waals surface area contributed by atoms with Gasteiger partial charge in [0.25, 0.3) is 0 Å². The average molecular weight is 280 g/mol. The molecule has 1 saturated heterocycles. The number of hydrogen-bond donors (Lipinski definition) is 1. The van der Waals surface area contributed by atoms with Gasteiger partial charge in [-0.3, -0.25) is 0 Å². The smallest absolute Gasteiger partial charge is 0.0506 e. The lowest BCUT2D eigenvalue weighted by Crippen LogP contribution is -2.32. The van der Waals surface area contributed by atoms with Crippen LogP contribution in [-0.4, -0.2) is 19.8 Å². The summed E-state index contributed by atoms with van der Waals surface area (Å²) < 4.78 is 5.55. The highest BCUT2D eigenvalue weighted by Crippen LogP contribution is 2.41. The molecule has 0 amide bonds. The second-order valence-corrected chi connectivity index (χ2v) is 6.29. The Kier molecular flexibility index (Phi) is 4.42. The van der Waals surface area contributed by atoms with Crippen LogP contribution < -0.4 is 5.32 Å². The number of halogens is 1. The van der Waals surface area contributed by atoms with Crippen LogP contribution in [0.25, 0.3) is 0 Å². The summed E-state index contributed by atoms with van der Waals surface area (Å²) in [4.78, 5) is 0. The van der Waals surface area contributed by atoms with Gasteiger partial charge in [0.05, 0.1) is 6.61 Å². The van der Waals surface area contributed by atoms with Gasteiger partial charge in [0.15, 0.2) is 0 Å². The predicted octanol–water partition coefficient (Wildman–Crippen LogP) is 3.81. The van der Waals surface area contributed by atoms with Crippen LogP contribution in [0.5, 0.6) is 0 Å². The van der Waals surface area contributed by atoms with Gasteiger partial charge in [-0.05, 0) is 55.2 Å². The molecule has 0 radical (unpaired) electrons. The zero-order chi connectivity index (χ0) is 13.1. The molecule has 2 atom stereocenters. The van der Waals surface area contributed by atoms with Crippen LogP contribution in [0, 0.1) is 11.8 Å². The molecule has 1 aromatic carbocycles. The number of rotatable bonds is 5. The molecule has 2 fully saturated rings. The first-order valence-electron chi connectivity index (χ1n) is 7.39. The van der Waals surface area contributed by atoms with E-state index in [9.17, 15) is 0 Å². The quantitative estimate of drug-likeness (QED) is 0.885. The summed E-state index contributed by atoms with van der Waals surface area (Å²) in [6.45, 7) is 2.94. The minimum absolute atomic E-state index is 0.499. The number of hydrogen-bond acceptors (Lipinski definition) is 2. The van der Waals surface area contributed by atoms with Crippen LogP contribution in [0.15, 0.2) is 24.3 Å². The minimum atomic E-state index is 0.499. The zero-order valence-electron chi connectivity index (χ0n) is 11.3. The van der Waals surface area contributed by atoms with E-state index in [2.05, 4.69) is 17.4 Å². The Labute approximate surface area is 120 Å². The first kappa shape index (κ1) is 13.4. The normalized spacial score (nSPS) is 25.2. The van der Waals surface area contributed by atoms with Crippen LogP contribution in [0.4, 0.5) is 0 Å². The fraction of sp³-hybridized carbons (Fsp3) is 0.625. The molecule has 1 aliphatic heterocycles. The maximum Gasteiger partial charge on any atom is 0.0506 e. The molecule has 3 rings (SSSR count). The Morgan fingerprint density at radius 2 is 2.00 bits per heavy atom. The molecule has 19 heavy (non-hydrogen) atoms. The second-order valence-electron chi connectivity index (χ2n) is 5.86. The highest BCUT2D eigenvalue weighted by molar-refractivity contribution is 6.30. The van der Waals surface area contributed by atoms with Crippen LogP contribution >= 0.6 is 11.6 Å². The van der Waals surface area contributed by atoms with E-state index in [1.807, 2.05) is 12.1 Å². The summed E-state index contributed by atoms with van der Waals surface area (Å²) in [7, 11) is 0. The Balaban J connectivity index is 1.59. The maximum absolute atomic E-state index is 5.97. The van der Waals surface area contributed by atoms with Gasteiger partial charge in [-0.25, -0.2) is 0 Å². The molecule has 1 heterocycles. The molecule has 0 bridgehead atoms. The lowest BCUT2D eigenvalue weighted by Gasteiger charge is -2.26. The predicted molar refractivity (Wildman–Crippen MR) is 78.5 cm³/mol. The third-order valence-electron chi connectivity index (χ3n) is 4.20. The topological polar surface area (TPSA) is 21.3 Å². The van der Waals surface area contributed by atoms with Crippen molar-refractivity contribution in [1.29, 1.82) is 0 Å². The van der Waals surface area contributed by atoms with Gasteiger partial charge < -0.3 is 10.1 Å². The molecule has 104 valence electrons. The van der Waals surface area contributed by atoms with Crippen molar-refractivity contribution in [2.24, 2.45) is 11.8 Å². The fourth-order valence-electron chi connectivity index (χ4n) is 2.92. The highest BCUT2D eigenvalue weighted by atomic mass is 35.5. The van der Waals surface area contributed by atoms with Crippen molar-refractivity contribution in [1.82, 2.24) is 5.32 Å². The third kappa shape index (κ3) is 3.71. The van der Waals surface area contributed by atoms with Crippen LogP contribution in [-0.2, 0) is 4.74 Å². The summed E-state index contributed by atoms with van der Waals surface area (Å²) in [6.07, 6.45) is 5.20. The van der Waals surface area contributed by atoms with E-state index in [4.69, 9.17) is 16.3 Å². The Morgan fingerprint density at radius 3 is 2.63 bits per heavy atom. The molecule has 1 aliphatic carbocycles. The van der Waals surface area contributed by atoms with Crippen molar-refractivity contribution in [2.45, 2.75) is 31.7 Å². The van der Waals surface area contributed by atoms with Gasteiger partial charge >= 0.3 is 0 Å². The molecule has 3 heteroatoms. The standard InChI is InChI=1S/C16H22ClNO/c17-15-7-5-14(6-8-15)16(13-3-4-13)18-10-12-2-1-9-19-11-12/h5-8,12-13,16,18H,1-4,9-11H2. The SMILES string of the molecule is Clc1ccc(C(NCC2CCCOC2)C2CC2)cc1. The first-order chi connectivity index (χ1) is 9.33. The van der Waals surface area contributed by atoms with E-state index in [0.29, 0.717) is 12.0 Å². The summed E-state index contributed by atoms with van der Waals surface area (Å²) in [6, 6.07) is 8.82. The van der Waals surface area contributed by atoms with Gasteiger partial charge in [-0.1, -0.05) is 23.7 Å². The molecule has 1 N–H and O–H groups in total. The number of ether oxygens (including phenoxy) is 1. The van der Waals surface area contributed by atoms with Gasteiger partial charge in [0.2, 0.25) is 0 Å². The first-order valence-corrected chi connectivity index (χ1v) is 7.77. The lowest BCUT2D eigenvalue weighted by molar-refractivity contribution is 0.0535. The van der Waals surface area contributed by atoms with Crippen molar-refractivity contribution in [2.75, 3.05) is 19.8 Å². The van der Waals surface area contributed by atoms with Gasteiger partial charge in [0.1, 0.15) is 0 Å². The van der Waals surface area contributed by atoms with Crippen molar-refractivity contribution in [3.05, 3.63) is 34.9 Å². The molecule has 0 aromatic heterocycles.